The van der Waals surface area contributed by atoms with Gasteiger partial charge < -0.3 is 14.6 Å². The summed E-state index contributed by atoms with van der Waals surface area (Å²) >= 11 is 0. The van der Waals surface area contributed by atoms with E-state index in [1.54, 1.807) is 6.08 Å². The number of H-pyrrole nitrogens is 1. The monoisotopic (exact) mass is 358 g/mol. The number of nitrogens with one attached hydrogen (secondary N) is 2. The zero-order chi connectivity index (χ0) is 19.1. The first kappa shape index (κ1) is 18.4. The van der Waals surface area contributed by atoms with Crippen molar-refractivity contribution in [2.24, 2.45) is 10.5 Å². The molecule has 1 aliphatic carbocycles. The number of carbonyl (C=O) groups excluding carboxylic acids is 2. The maximum absolute atomic E-state index is 12.4. The molecule has 2 N–H and O–H groups in total. The highest BCUT2D eigenvalue weighted by atomic mass is 16.5. The third-order valence-corrected chi connectivity index (χ3v) is 5.08. The number of aromatic amines is 1. The van der Waals surface area contributed by atoms with Crippen molar-refractivity contribution < 1.29 is 14.3 Å². The van der Waals surface area contributed by atoms with Crippen LogP contribution in [0.4, 0.5) is 0 Å². The van der Waals surface area contributed by atoms with Gasteiger partial charge in [-0.1, -0.05) is 6.92 Å². The number of aryl methyl sites for hydroxylation is 1. The molecule has 7 nitrogen and oxygen atoms in total. The van der Waals surface area contributed by atoms with Gasteiger partial charge in [0.25, 0.3) is 5.91 Å². The van der Waals surface area contributed by atoms with E-state index in [2.05, 4.69) is 22.4 Å². The quantitative estimate of drug-likeness (QED) is 0.602. The molecular formula is C19H26N4O3. The summed E-state index contributed by atoms with van der Waals surface area (Å²) in [5.74, 6) is -0.545. The topological polar surface area (TPSA) is 86.8 Å². The molecule has 1 aromatic heterocycles. The Labute approximate surface area is 153 Å². The second-order valence-corrected chi connectivity index (χ2v) is 7.62. The first-order valence-corrected chi connectivity index (χ1v) is 8.84. The van der Waals surface area contributed by atoms with E-state index in [1.165, 1.54) is 0 Å². The molecule has 0 saturated heterocycles. The molecule has 1 saturated carbocycles. The van der Waals surface area contributed by atoms with Crippen LogP contribution in [-0.2, 0) is 9.53 Å². The molecule has 2 heterocycles. The molecule has 0 atom stereocenters. The van der Waals surface area contributed by atoms with Crippen LogP contribution in [-0.4, -0.2) is 54.7 Å². The number of hydrogen-bond donors (Lipinski definition) is 2. The van der Waals surface area contributed by atoms with E-state index in [0.29, 0.717) is 24.3 Å². The van der Waals surface area contributed by atoms with Crippen LogP contribution in [0.2, 0.25) is 0 Å². The second kappa shape index (κ2) is 6.72. The minimum Gasteiger partial charge on any atom is -0.461 e. The fourth-order valence-corrected chi connectivity index (χ4v) is 3.12. The van der Waals surface area contributed by atoms with E-state index in [9.17, 15) is 9.59 Å². The van der Waals surface area contributed by atoms with Crippen molar-refractivity contribution in [3.05, 3.63) is 28.1 Å². The zero-order valence-corrected chi connectivity index (χ0v) is 16.0. The molecule has 1 fully saturated rings. The highest BCUT2D eigenvalue weighted by Gasteiger charge is 2.47. The van der Waals surface area contributed by atoms with Gasteiger partial charge in [-0.25, -0.2) is 10.2 Å². The number of esters is 1. The summed E-state index contributed by atoms with van der Waals surface area (Å²) < 4.78 is 5.37. The number of rotatable bonds is 6. The molecule has 0 unspecified atom stereocenters. The van der Waals surface area contributed by atoms with Crippen LogP contribution in [0.25, 0.3) is 6.08 Å². The van der Waals surface area contributed by atoms with Crippen LogP contribution in [0.15, 0.2) is 10.7 Å². The lowest BCUT2D eigenvalue weighted by Crippen LogP contribution is -2.20. The summed E-state index contributed by atoms with van der Waals surface area (Å²) in [7, 11) is 3.86. The van der Waals surface area contributed by atoms with Gasteiger partial charge in [-0.15, -0.1) is 0 Å². The number of likely N-dealkylation sites (N-methyl/N-ethyl adjacent to an activating group) is 1. The molecular weight excluding hydrogens is 332 g/mol. The number of amides is 1. The van der Waals surface area contributed by atoms with Crippen molar-refractivity contribution in [2.75, 3.05) is 27.2 Å². The Morgan fingerprint density at radius 1 is 1.35 bits per heavy atom. The second-order valence-electron chi connectivity index (χ2n) is 7.62. The van der Waals surface area contributed by atoms with E-state index >= 15 is 0 Å². The first-order chi connectivity index (χ1) is 12.2. The van der Waals surface area contributed by atoms with Crippen LogP contribution in [0.5, 0.6) is 0 Å². The molecule has 0 aromatic carbocycles. The Morgan fingerprint density at radius 3 is 2.65 bits per heavy atom. The predicted octanol–water partition coefficient (Wildman–Crippen LogP) is 2.02. The Morgan fingerprint density at radius 2 is 2.04 bits per heavy atom. The number of aromatic nitrogens is 1. The lowest BCUT2D eigenvalue weighted by molar-refractivity contribution is -0.116. The SMILES string of the molecule is Cc1[nH]c(/C=C2/C(=O)NN=C2C2(C)CC2)c(C)c1C(=O)OCCN(C)C. The van der Waals surface area contributed by atoms with Crippen molar-refractivity contribution in [3.8, 4) is 0 Å². The van der Waals surface area contributed by atoms with Gasteiger partial charge in [0.1, 0.15) is 6.61 Å². The summed E-state index contributed by atoms with van der Waals surface area (Å²) in [6, 6.07) is 0. The van der Waals surface area contributed by atoms with E-state index in [0.717, 1.165) is 35.5 Å². The molecule has 2 aliphatic rings. The van der Waals surface area contributed by atoms with Crippen molar-refractivity contribution in [1.29, 1.82) is 0 Å². The predicted molar refractivity (Wildman–Crippen MR) is 100.0 cm³/mol. The Kier molecular flexibility index (Phi) is 4.75. The standard InChI is InChI=1S/C19H26N4O3/c1-11-14(10-13-16(19(3)6-7-19)21-22-17(13)24)20-12(2)15(11)18(25)26-9-8-23(4)5/h10,20H,6-9H2,1-5H3,(H,22,24)/b13-10+. The minimum atomic E-state index is -0.346. The lowest BCUT2D eigenvalue weighted by atomic mass is 9.95. The maximum Gasteiger partial charge on any atom is 0.340 e. The highest BCUT2D eigenvalue weighted by Crippen LogP contribution is 2.49. The van der Waals surface area contributed by atoms with Crippen molar-refractivity contribution >= 4 is 23.7 Å². The molecule has 140 valence electrons. The van der Waals surface area contributed by atoms with Gasteiger partial charge in [-0.05, 0) is 52.4 Å². The maximum atomic E-state index is 12.4. The van der Waals surface area contributed by atoms with Crippen molar-refractivity contribution in [2.45, 2.75) is 33.6 Å². The van der Waals surface area contributed by atoms with E-state index in [1.807, 2.05) is 32.8 Å². The summed E-state index contributed by atoms with van der Waals surface area (Å²) in [6.07, 6.45) is 3.86. The Hall–Kier alpha value is -2.41. The van der Waals surface area contributed by atoms with E-state index < -0.39 is 0 Å². The first-order valence-electron chi connectivity index (χ1n) is 8.84. The molecule has 0 bridgehead atoms. The van der Waals surface area contributed by atoms with Crippen molar-refractivity contribution in [1.82, 2.24) is 15.3 Å². The Bertz CT molecular complexity index is 813. The van der Waals surface area contributed by atoms with Gasteiger partial charge in [0, 0.05) is 23.3 Å². The fraction of sp³-hybridized carbons (Fsp3) is 0.526. The number of hydrazone groups is 1. The van der Waals surface area contributed by atoms with Gasteiger partial charge in [0.15, 0.2) is 0 Å². The summed E-state index contributed by atoms with van der Waals surface area (Å²) in [5.41, 5.74) is 6.71. The van der Waals surface area contributed by atoms with Gasteiger partial charge in [0.2, 0.25) is 0 Å². The van der Waals surface area contributed by atoms with Crippen LogP contribution >= 0.6 is 0 Å². The van der Waals surface area contributed by atoms with Crippen LogP contribution in [0, 0.1) is 19.3 Å². The largest absolute Gasteiger partial charge is 0.461 e. The van der Waals surface area contributed by atoms with E-state index in [-0.39, 0.29) is 17.3 Å². The van der Waals surface area contributed by atoms with Gasteiger partial charge in [-0.2, -0.15) is 5.10 Å². The zero-order valence-electron chi connectivity index (χ0n) is 16.0. The number of hydrogen-bond acceptors (Lipinski definition) is 5. The number of nitrogens with zero attached hydrogens (tertiary/aromatic N) is 2. The minimum absolute atomic E-state index is 0.0194. The Balaban J connectivity index is 1.85. The average Bonchev–Trinajstić information content (AvgIpc) is 3.09. The van der Waals surface area contributed by atoms with Gasteiger partial charge in [-0.3, -0.25) is 4.79 Å². The van der Waals surface area contributed by atoms with Gasteiger partial charge >= 0.3 is 5.97 Å². The molecule has 1 amide bonds. The van der Waals surface area contributed by atoms with E-state index in [4.69, 9.17) is 4.74 Å². The summed E-state index contributed by atoms with van der Waals surface area (Å²) in [6.45, 7) is 6.82. The van der Waals surface area contributed by atoms with Crippen LogP contribution < -0.4 is 5.43 Å². The van der Waals surface area contributed by atoms with Crippen LogP contribution in [0.1, 0.15) is 47.1 Å². The molecule has 7 heteroatoms. The van der Waals surface area contributed by atoms with Crippen molar-refractivity contribution in [3.63, 3.8) is 0 Å². The molecule has 1 aromatic rings. The summed E-state index contributed by atoms with van der Waals surface area (Å²) in [5, 5.41) is 4.22. The van der Waals surface area contributed by atoms with Gasteiger partial charge in [0.05, 0.1) is 16.8 Å². The number of carbonyl (C=O) groups is 2. The van der Waals surface area contributed by atoms with Crippen LogP contribution in [0.3, 0.4) is 0 Å². The summed E-state index contributed by atoms with van der Waals surface area (Å²) in [4.78, 5) is 29.8. The number of ether oxygens (including phenoxy) is 1. The molecule has 0 radical (unpaired) electrons. The molecule has 26 heavy (non-hydrogen) atoms. The molecule has 0 spiro atoms. The average molecular weight is 358 g/mol. The normalized spacial score (nSPS) is 19.7. The lowest BCUT2D eigenvalue weighted by Gasteiger charge is -2.10. The molecule has 3 rings (SSSR count). The highest BCUT2D eigenvalue weighted by molar-refractivity contribution is 6.29. The third kappa shape index (κ3) is 3.44. The smallest absolute Gasteiger partial charge is 0.340 e. The third-order valence-electron chi connectivity index (χ3n) is 5.08. The molecule has 1 aliphatic heterocycles. The fourth-order valence-electron chi connectivity index (χ4n) is 3.12.